The minimum absolute atomic E-state index is 0.183. The maximum Gasteiger partial charge on any atom is 0.153 e. The molecule has 0 radical (unpaired) electrons. The molecule has 2 unspecified atom stereocenters. The molecule has 1 fully saturated rings. The van der Waals surface area contributed by atoms with Gasteiger partial charge in [0.2, 0.25) is 0 Å². The first-order valence-electron chi connectivity index (χ1n) is 10.9. The number of nitrogens with one attached hydrogen (secondary N) is 1. The average molecular weight is 440 g/mol. The van der Waals surface area contributed by atoms with Crippen LogP contribution in [-0.2, 0) is 4.74 Å². The fraction of sp³-hybridized carbons (Fsp3) is 0.400. The number of halogens is 1. The van der Waals surface area contributed by atoms with Gasteiger partial charge in [0.25, 0.3) is 0 Å². The quantitative estimate of drug-likeness (QED) is 0.601. The first kappa shape index (κ1) is 21.7. The van der Waals surface area contributed by atoms with Gasteiger partial charge >= 0.3 is 0 Å². The Hall–Kier alpha value is -2.50. The molecule has 0 amide bonds. The average Bonchev–Trinajstić information content (AvgIpc) is 2.95. The largest absolute Gasteiger partial charge is 0.498 e. The zero-order valence-electron chi connectivity index (χ0n) is 18.5. The molecule has 0 aliphatic carbocycles. The van der Waals surface area contributed by atoms with Crippen molar-refractivity contribution in [3.8, 4) is 11.5 Å². The number of hydrogen-bond acceptors (Lipinski definition) is 5. The molecule has 0 aromatic heterocycles. The lowest BCUT2D eigenvalue weighted by atomic mass is 9.77. The molecule has 2 aliphatic heterocycles. The van der Waals surface area contributed by atoms with Gasteiger partial charge in [0.05, 0.1) is 17.9 Å². The van der Waals surface area contributed by atoms with E-state index in [0.29, 0.717) is 17.4 Å². The second-order valence-electron chi connectivity index (χ2n) is 8.23. The third-order valence-corrected chi connectivity index (χ3v) is 6.66. The van der Waals surface area contributed by atoms with Crippen LogP contribution in [0.4, 0.5) is 5.69 Å². The zero-order valence-corrected chi connectivity index (χ0v) is 19.2. The van der Waals surface area contributed by atoms with E-state index in [1.807, 2.05) is 43.3 Å². The Kier molecular flexibility index (Phi) is 6.26. The lowest BCUT2D eigenvalue weighted by molar-refractivity contribution is 0.0895. The Balaban J connectivity index is 1.72. The van der Waals surface area contributed by atoms with Crippen LogP contribution in [0.1, 0.15) is 32.8 Å². The number of hydrogen-bond donors (Lipinski definition) is 1. The molecule has 4 rings (SSSR count). The molecule has 2 aromatic carbocycles. The fourth-order valence-corrected chi connectivity index (χ4v) is 4.45. The monoisotopic (exact) mass is 439 g/mol. The van der Waals surface area contributed by atoms with E-state index in [-0.39, 0.29) is 11.5 Å². The van der Waals surface area contributed by atoms with Gasteiger partial charge in [0.15, 0.2) is 5.75 Å². The Labute approximate surface area is 189 Å². The number of nitrogens with zero attached hydrogens (tertiary/aromatic N) is 2. The van der Waals surface area contributed by atoms with Gasteiger partial charge in [0, 0.05) is 36.1 Å². The minimum atomic E-state index is -0.183. The van der Waals surface area contributed by atoms with Gasteiger partial charge in [0.1, 0.15) is 17.3 Å². The topological polar surface area (TPSA) is 46.1 Å². The summed E-state index contributed by atoms with van der Waals surface area (Å²) in [4.78, 5) is 7.38. The van der Waals surface area contributed by atoms with Crippen molar-refractivity contribution in [2.45, 2.75) is 33.2 Å². The summed E-state index contributed by atoms with van der Waals surface area (Å²) >= 11 is 6.27. The highest BCUT2D eigenvalue weighted by atomic mass is 35.5. The number of piperazine rings is 1. The van der Waals surface area contributed by atoms with Crippen molar-refractivity contribution >= 4 is 23.1 Å². The summed E-state index contributed by atoms with van der Waals surface area (Å²) in [5.74, 6) is 3.25. The smallest absolute Gasteiger partial charge is 0.153 e. The van der Waals surface area contributed by atoms with Gasteiger partial charge in [-0.2, -0.15) is 0 Å². The molecule has 5 nitrogen and oxygen atoms in total. The van der Waals surface area contributed by atoms with Crippen molar-refractivity contribution in [2.24, 2.45) is 10.4 Å². The molecule has 2 aliphatic rings. The molecule has 164 valence electrons. The van der Waals surface area contributed by atoms with Crippen LogP contribution < -0.4 is 10.1 Å². The second-order valence-corrected chi connectivity index (χ2v) is 8.66. The second kappa shape index (κ2) is 8.93. The van der Waals surface area contributed by atoms with E-state index in [4.69, 9.17) is 26.1 Å². The molecule has 1 N–H and O–H groups in total. The van der Waals surface area contributed by atoms with Gasteiger partial charge in [-0.1, -0.05) is 44.2 Å². The molecule has 2 atom stereocenters. The number of ether oxygens (including phenoxy) is 2. The number of rotatable bonds is 5. The van der Waals surface area contributed by atoms with Crippen LogP contribution in [0.25, 0.3) is 0 Å². The van der Waals surface area contributed by atoms with Gasteiger partial charge in [-0.05, 0) is 43.7 Å². The van der Waals surface area contributed by atoms with Crippen molar-refractivity contribution < 1.29 is 9.47 Å². The highest BCUT2D eigenvalue weighted by Gasteiger charge is 2.40. The molecule has 6 heteroatoms. The van der Waals surface area contributed by atoms with E-state index in [1.165, 1.54) is 0 Å². The normalized spacial score (nSPS) is 19.8. The van der Waals surface area contributed by atoms with Crippen molar-refractivity contribution in [3.05, 3.63) is 65.4 Å². The van der Waals surface area contributed by atoms with Crippen molar-refractivity contribution in [2.75, 3.05) is 26.2 Å². The number of benzene rings is 2. The molecule has 2 aromatic rings. The SMILES string of the molecule is C=C(OCC)C(C)(CC)C1CN(C2=Nc3cc(Cl)ccc3Oc3ccccc32)CCN1. The maximum atomic E-state index is 6.27. The van der Waals surface area contributed by atoms with Crippen LogP contribution in [0.3, 0.4) is 0 Å². The number of fused-ring (bicyclic) bond motifs is 2. The van der Waals surface area contributed by atoms with Gasteiger partial charge < -0.3 is 19.7 Å². The van der Waals surface area contributed by atoms with Crippen molar-refractivity contribution in [1.82, 2.24) is 10.2 Å². The Morgan fingerprint density at radius 2 is 2.10 bits per heavy atom. The highest BCUT2D eigenvalue weighted by Crippen LogP contribution is 2.41. The molecule has 0 bridgehead atoms. The number of para-hydroxylation sites is 1. The Morgan fingerprint density at radius 3 is 2.87 bits per heavy atom. The predicted octanol–water partition coefficient (Wildman–Crippen LogP) is 5.76. The first-order valence-corrected chi connectivity index (χ1v) is 11.3. The number of aliphatic imine (C=N–C) groups is 1. The van der Waals surface area contributed by atoms with Crippen LogP contribution in [-0.4, -0.2) is 43.0 Å². The first-order chi connectivity index (χ1) is 15.0. The predicted molar refractivity (Wildman–Crippen MR) is 127 cm³/mol. The van der Waals surface area contributed by atoms with Crippen LogP contribution in [0.2, 0.25) is 5.02 Å². The third-order valence-electron chi connectivity index (χ3n) is 6.43. The van der Waals surface area contributed by atoms with Crippen LogP contribution in [0.5, 0.6) is 11.5 Å². The third kappa shape index (κ3) is 4.17. The van der Waals surface area contributed by atoms with Gasteiger partial charge in [-0.25, -0.2) is 4.99 Å². The number of amidine groups is 1. The van der Waals surface area contributed by atoms with E-state index in [0.717, 1.165) is 54.7 Å². The summed E-state index contributed by atoms with van der Waals surface area (Å²) in [6.45, 7) is 13.8. The molecular weight excluding hydrogens is 410 g/mol. The molecular formula is C25H30ClN3O2. The Bertz CT molecular complexity index is 1010. The van der Waals surface area contributed by atoms with Crippen molar-refractivity contribution in [3.63, 3.8) is 0 Å². The standard InChI is InChI=1S/C25H30ClN3O2/c1-5-25(4,17(3)30-6-2)23-16-29(14-13-27-23)24-19-9-7-8-10-21(19)31-22-12-11-18(26)15-20(22)28-24/h7-12,15,23,27H,3,5-6,13-14,16H2,1-2,4H3. The Morgan fingerprint density at radius 1 is 1.29 bits per heavy atom. The highest BCUT2D eigenvalue weighted by molar-refractivity contribution is 6.31. The summed E-state index contributed by atoms with van der Waals surface area (Å²) in [5, 5.41) is 4.34. The van der Waals surface area contributed by atoms with Crippen LogP contribution in [0, 0.1) is 5.41 Å². The van der Waals surface area contributed by atoms with Crippen molar-refractivity contribution in [1.29, 1.82) is 0 Å². The summed E-state index contributed by atoms with van der Waals surface area (Å²) in [6, 6.07) is 13.8. The summed E-state index contributed by atoms with van der Waals surface area (Å²) < 4.78 is 12.1. The van der Waals surface area contributed by atoms with Gasteiger partial charge in [-0.15, -0.1) is 0 Å². The van der Waals surface area contributed by atoms with E-state index >= 15 is 0 Å². The molecule has 1 saturated heterocycles. The van der Waals surface area contributed by atoms with E-state index in [1.54, 1.807) is 0 Å². The fourth-order valence-electron chi connectivity index (χ4n) is 4.28. The van der Waals surface area contributed by atoms with E-state index in [9.17, 15) is 0 Å². The molecule has 31 heavy (non-hydrogen) atoms. The lowest BCUT2D eigenvalue weighted by Gasteiger charge is -2.45. The van der Waals surface area contributed by atoms with Crippen LogP contribution >= 0.6 is 11.6 Å². The van der Waals surface area contributed by atoms with Gasteiger partial charge in [-0.3, -0.25) is 0 Å². The molecule has 0 spiro atoms. The maximum absolute atomic E-state index is 6.27. The molecule has 2 heterocycles. The zero-order chi connectivity index (χ0) is 22.0. The van der Waals surface area contributed by atoms with Crippen LogP contribution in [0.15, 0.2) is 59.8 Å². The van der Waals surface area contributed by atoms with E-state index < -0.39 is 0 Å². The molecule has 0 saturated carbocycles. The summed E-state index contributed by atoms with van der Waals surface area (Å²) in [7, 11) is 0. The summed E-state index contributed by atoms with van der Waals surface area (Å²) in [6.07, 6.45) is 0.932. The minimum Gasteiger partial charge on any atom is -0.498 e. The lowest BCUT2D eigenvalue weighted by Crippen LogP contribution is -2.59. The summed E-state index contributed by atoms with van der Waals surface area (Å²) in [5.41, 5.74) is 1.54. The van der Waals surface area contributed by atoms with E-state index in [2.05, 4.69) is 36.7 Å².